The normalized spacial score (nSPS) is 18.4. The number of hydrogen-bond acceptors (Lipinski definition) is 2. The molecule has 0 radical (unpaired) electrons. The number of nitrogens with zero attached hydrogens (tertiary/aromatic N) is 1. The molecule has 0 amide bonds. The van der Waals surface area contributed by atoms with Gasteiger partial charge in [0.05, 0.1) is 0 Å². The maximum absolute atomic E-state index is 3.54. The van der Waals surface area contributed by atoms with E-state index in [9.17, 15) is 0 Å². The molecule has 0 unspecified atom stereocenters. The van der Waals surface area contributed by atoms with Crippen LogP contribution in [0.5, 0.6) is 0 Å². The van der Waals surface area contributed by atoms with E-state index >= 15 is 0 Å². The zero-order valence-electron chi connectivity index (χ0n) is 15.2. The molecule has 0 atom stereocenters. The molecule has 0 aromatic heterocycles. The van der Waals surface area contributed by atoms with Gasteiger partial charge < -0.3 is 10.2 Å². The Morgan fingerprint density at radius 3 is 2.56 bits per heavy atom. The highest BCUT2D eigenvalue weighted by Gasteiger charge is 2.37. The molecule has 1 heterocycles. The van der Waals surface area contributed by atoms with Crippen molar-refractivity contribution >= 4 is 11.8 Å². The molecule has 1 aliphatic carbocycles. The number of hydrogen-bond donors (Lipinski definition) is 1. The molecule has 1 aliphatic heterocycles. The van der Waals surface area contributed by atoms with Gasteiger partial charge in [-0.15, -0.1) is 0 Å². The summed E-state index contributed by atoms with van der Waals surface area (Å²) in [5, 5.41) is 3.54. The fourth-order valence-electron chi connectivity index (χ4n) is 4.25. The van der Waals surface area contributed by atoms with Crippen LogP contribution in [0.15, 0.2) is 54.6 Å². The Balaban J connectivity index is 1.23. The van der Waals surface area contributed by atoms with Crippen LogP contribution in [-0.2, 0) is 5.41 Å². The number of nitrogens with one attached hydrogen (secondary N) is 1. The van der Waals surface area contributed by atoms with Gasteiger partial charge >= 0.3 is 0 Å². The van der Waals surface area contributed by atoms with E-state index in [0.717, 1.165) is 6.54 Å². The van der Waals surface area contributed by atoms with Crippen molar-refractivity contribution in [1.82, 2.24) is 4.90 Å². The first-order chi connectivity index (χ1) is 12.3. The van der Waals surface area contributed by atoms with E-state index in [-0.39, 0.29) is 0 Å². The third-order valence-electron chi connectivity index (χ3n) is 5.86. The predicted octanol–water partition coefficient (Wildman–Crippen LogP) is 4.86. The summed E-state index contributed by atoms with van der Waals surface area (Å²) in [5.41, 5.74) is 5.84. The number of likely N-dealkylation sites (tertiary alicyclic amines) is 1. The lowest BCUT2D eigenvalue weighted by Gasteiger charge is -2.39. The fraction of sp³-hybridized carbons (Fsp3) is 0.391. The molecule has 2 aromatic rings. The van der Waals surface area contributed by atoms with Crippen molar-refractivity contribution < 1.29 is 0 Å². The minimum Gasteiger partial charge on any atom is -0.385 e. The average molecular weight is 332 g/mol. The van der Waals surface area contributed by atoms with Gasteiger partial charge in [-0.3, -0.25) is 0 Å². The number of rotatable bonds is 5. The van der Waals surface area contributed by atoms with E-state index in [1.165, 1.54) is 55.7 Å². The molecule has 1 fully saturated rings. The number of piperidine rings is 1. The molecule has 1 saturated heterocycles. The lowest BCUT2D eigenvalue weighted by atomic mass is 9.74. The maximum Gasteiger partial charge on any atom is 0.0340 e. The smallest absolute Gasteiger partial charge is 0.0340 e. The van der Waals surface area contributed by atoms with E-state index in [1.807, 2.05) is 0 Å². The standard InChI is InChI=1S/C23H28N2/c1-19-7-9-21(10-8-19)24-15-4-16-25-17-13-23(14-18-25)12-11-20-5-2-3-6-22(20)23/h2-3,5-12,24H,4,13-18H2,1H3. The molecule has 1 spiro atoms. The minimum atomic E-state index is 0.313. The van der Waals surface area contributed by atoms with Crippen molar-refractivity contribution in [3.8, 4) is 0 Å². The molecule has 4 rings (SSSR count). The first kappa shape index (κ1) is 16.4. The summed E-state index contributed by atoms with van der Waals surface area (Å²) in [4.78, 5) is 2.64. The monoisotopic (exact) mass is 332 g/mol. The Bertz CT molecular complexity index is 737. The van der Waals surface area contributed by atoms with Crippen LogP contribution < -0.4 is 5.32 Å². The van der Waals surface area contributed by atoms with Gasteiger partial charge in [-0.2, -0.15) is 0 Å². The number of aryl methyl sites for hydroxylation is 1. The molecule has 1 N–H and O–H groups in total. The van der Waals surface area contributed by atoms with Crippen molar-refractivity contribution in [2.45, 2.75) is 31.6 Å². The topological polar surface area (TPSA) is 15.3 Å². The Morgan fingerprint density at radius 1 is 1.00 bits per heavy atom. The van der Waals surface area contributed by atoms with Crippen LogP contribution >= 0.6 is 0 Å². The lowest BCUT2D eigenvalue weighted by Crippen LogP contribution is -2.41. The maximum atomic E-state index is 3.54. The van der Waals surface area contributed by atoms with Gasteiger partial charge in [-0.1, -0.05) is 54.1 Å². The second-order valence-electron chi connectivity index (χ2n) is 7.56. The summed E-state index contributed by atoms with van der Waals surface area (Å²) < 4.78 is 0. The van der Waals surface area contributed by atoms with Gasteiger partial charge in [0, 0.05) is 17.6 Å². The Kier molecular flexibility index (Phi) is 4.63. The molecule has 2 heteroatoms. The van der Waals surface area contributed by atoms with Crippen LogP contribution in [0, 0.1) is 6.92 Å². The van der Waals surface area contributed by atoms with Crippen molar-refractivity contribution in [3.63, 3.8) is 0 Å². The highest BCUT2D eigenvalue weighted by molar-refractivity contribution is 5.65. The number of anilines is 1. The quantitative estimate of drug-likeness (QED) is 0.787. The van der Waals surface area contributed by atoms with E-state index in [2.05, 4.69) is 77.8 Å². The Hall–Kier alpha value is -2.06. The van der Waals surface area contributed by atoms with Crippen molar-refractivity contribution in [1.29, 1.82) is 0 Å². The van der Waals surface area contributed by atoms with E-state index in [0.29, 0.717) is 5.41 Å². The Morgan fingerprint density at radius 2 is 1.76 bits per heavy atom. The molecule has 130 valence electrons. The van der Waals surface area contributed by atoms with Crippen molar-refractivity contribution in [3.05, 3.63) is 71.3 Å². The summed E-state index contributed by atoms with van der Waals surface area (Å²) in [6.07, 6.45) is 8.51. The zero-order chi connectivity index (χ0) is 17.1. The summed E-state index contributed by atoms with van der Waals surface area (Å²) in [5.74, 6) is 0. The highest BCUT2D eigenvalue weighted by Crippen LogP contribution is 2.43. The molecular formula is C23H28N2. The SMILES string of the molecule is Cc1ccc(NCCCN2CCC3(C=Cc4ccccc43)CC2)cc1. The third kappa shape index (κ3) is 3.50. The number of benzene rings is 2. The van der Waals surface area contributed by atoms with Gasteiger partial charge in [-0.25, -0.2) is 0 Å². The number of fused-ring (bicyclic) bond motifs is 2. The van der Waals surface area contributed by atoms with Crippen LogP contribution in [-0.4, -0.2) is 31.1 Å². The highest BCUT2D eigenvalue weighted by atomic mass is 15.1. The van der Waals surface area contributed by atoms with Crippen molar-refractivity contribution in [2.75, 3.05) is 31.5 Å². The van der Waals surface area contributed by atoms with Gasteiger partial charge in [0.25, 0.3) is 0 Å². The second-order valence-corrected chi connectivity index (χ2v) is 7.56. The fourth-order valence-corrected chi connectivity index (χ4v) is 4.25. The van der Waals surface area contributed by atoms with E-state index in [4.69, 9.17) is 0 Å². The van der Waals surface area contributed by atoms with Crippen molar-refractivity contribution in [2.24, 2.45) is 0 Å². The summed E-state index contributed by atoms with van der Waals surface area (Å²) >= 11 is 0. The van der Waals surface area contributed by atoms with Gasteiger partial charge in [-0.05, 0) is 69.1 Å². The zero-order valence-corrected chi connectivity index (χ0v) is 15.2. The summed E-state index contributed by atoms with van der Waals surface area (Å²) in [6.45, 7) is 6.80. The number of allylic oxidation sites excluding steroid dienone is 1. The van der Waals surface area contributed by atoms with E-state index in [1.54, 1.807) is 5.56 Å². The first-order valence-corrected chi connectivity index (χ1v) is 9.57. The first-order valence-electron chi connectivity index (χ1n) is 9.57. The minimum absolute atomic E-state index is 0.313. The van der Waals surface area contributed by atoms with Gasteiger partial charge in [0.15, 0.2) is 0 Å². The molecule has 2 aromatic carbocycles. The van der Waals surface area contributed by atoms with Gasteiger partial charge in [0.1, 0.15) is 0 Å². The van der Waals surface area contributed by atoms with E-state index < -0.39 is 0 Å². The molecule has 0 saturated carbocycles. The molecule has 2 aliphatic rings. The molecule has 0 bridgehead atoms. The van der Waals surface area contributed by atoms with Crippen LogP contribution in [0.1, 0.15) is 36.0 Å². The summed E-state index contributed by atoms with van der Waals surface area (Å²) in [6, 6.07) is 17.6. The largest absolute Gasteiger partial charge is 0.385 e. The van der Waals surface area contributed by atoms with Crippen LogP contribution in [0.25, 0.3) is 6.08 Å². The van der Waals surface area contributed by atoms with Crippen LogP contribution in [0.3, 0.4) is 0 Å². The predicted molar refractivity (Wildman–Crippen MR) is 107 cm³/mol. The molecular weight excluding hydrogens is 304 g/mol. The lowest BCUT2D eigenvalue weighted by molar-refractivity contribution is 0.184. The average Bonchev–Trinajstić information content (AvgIpc) is 3.01. The second kappa shape index (κ2) is 7.05. The molecule has 25 heavy (non-hydrogen) atoms. The van der Waals surface area contributed by atoms with Crippen LogP contribution in [0.4, 0.5) is 5.69 Å². The summed E-state index contributed by atoms with van der Waals surface area (Å²) in [7, 11) is 0. The molecule has 2 nitrogen and oxygen atoms in total. The van der Waals surface area contributed by atoms with Gasteiger partial charge in [0.2, 0.25) is 0 Å². The third-order valence-corrected chi connectivity index (χ3v) is 5.86. The Labute approximate surface area is 151 Å². The van der Waals surface area contributed by atoms with Crippen LogP contribution in [0.2, 0.25) is 0 Å².